The summed E-state index contributed by atoms with van der Waals surface area (Å²) in [5.74, 6) is 0. The Hall–Kier alpha value is -1.06. The molecule has 1 heterocycles. The minimum Gasteiger partial charge on any atom is -0.389 e. The van der Waals surface area contributed by atoms with Crippen molar-refractivity contribution in [1.29, 1.82) is 0 Å². The van der Waals surface area contributed by atoms with Gasteiger partial charge in [-0.3, -0.25) is 10.1 Å². The Morgan fingerprint density at radius 2 is 2.55 bits per heavy atom. The van der Waals surface area contributed by atoms with Crippen molar-refractivity contribution in [3.8, 4) is 0 Å². The van der Waals surface area contributed by atoms with E-state index in [4.69, 9.17) is 0 Å². The molecule has 1 fully saturated rings. The molecule has 0 aliphatic carbocycles. The standard InChI is InChI=1S/C7H12N2O2/c10-9(11)6-2-4-7-3-1-5-8-7/h4,8H,1-3,5-6H2. The molecule has 1 aliphatic heterocycles. The first-order valence-corrected chi connectivity index (χ1v) is 3.84. The van der Waals surface area contributed by atoms with E-state index in [1.807, 2.05) is 6.08 Å². The fourth-order valence-corrected chi connectivity index (χ4v) is 1.13. The third-order valence-electron chi connectivity index (χ3n) is 1.68. The van der Waals surface area contributed by atoms with Gasteiger partial charge in [0, 0.05) is 23.6 Å². The highest BCUT2D eigenvalue weighted by Gasteiger charge is 2.04. The lowest BCUT2D eigenvalue weighted by Crippen LogP contribution is -2.05. The summed E-state index contributed by atoms with van der Waals surface area (Å²) in [5, 5.41) is 13.1. The summed E-state index contributed by atoms with van der Waals surface area (Å²) in [7, 11) is 0. The van der Waals surface area contributed by atoms with E-state index in [1.165, 1.54) is 5.70 Å². The molecule has 0 radical (unpaired) electrons. The molecule has 1 aliphatic rings. The number of nitro groups is 1. The summed E-state index contributed by atoms with van der Waals surface area (Å²) in [5.41, 5.74) is 1.17. The molecular weight excluding hydrogens is 144 g/mol. The molecule has 4 nitrogen and oxygen atoms in total. The van der Waals surface area contributed by atoms with E-state index in [1.54, 1.807) is 0 Å². The fraction of sp³-hybridized carbons (Fsp3) is 0.714. The van der Waals surface area contributed by atoms with Crippen molar-refractivity contribution < 1.29 is 4.92 Å². The predicted octanol–water partition coefficient (Wildman–Crippen LogP) is 0.920. The molecule has 62 valence electrons. The number of hydrogen-bond acceptors (Lipinski definition) is 3. The number of nitrogens with zero attached hydrogens (tertiary/aromatic N) is 1. The second kappa shape index (κ2) is 3.95. The van der Waals surface area contributed by atoms with E-state index in [0.717, 1.165) is 19.4 Å². The summed E-state index contributed by atoms with van der Waals surface area (Å²) in [6, 6.07) is 0. The van der Waals surface area contributed by atoms with Gasteiger partial charge in [0.05, 0.1) is 0 Å². The van der Waals surface area contributed by atoms with Crippen molar-refractivity contribution >= 4 is 0 Å². The Bertz CT molecular complexity index is 169. The minimum absolute atomic E-state index is 0.0468. The summed E-state index contributed by atoms with van der Waals surface area (Å²) >= 11 is 0. The minimum atomic E-state index is -0.286. The van der Waals surface area contributed by atoms with Gasteiger partial charge in [0.2, 0.25) is 6.54 Å². The Morgan fingerprint density at radius 3 is 3.09 bits per heavy atom. The Balaban J connectivity index is 2.18. The highest BCUT2D eigenvalue weighted by Crippen LogP contribution is 2.08. The Morgan fingerprint density at radius 1 is 1.73 bits per heavy atom. The normalized spacial score (nSPS) is 20.2. The summed E-state index contributed by atoms with van der Waals surface area (Å²) in [4.78, 5) is 9.64. The van der Waals surface area contributed by atoms with Gasteiger partial charge in [-0.05, 0) is 12.8 Å². The van der Waals surface area contributed by atoms with Crippen LogP contribution in [0.4, 0.5) is 0 Å². The molecule has 0 bridgehead atoms. The van der Waals surface area contributed by atoms with Crippen molar-refractivity contribution in [3.05, 3.63) is 21.9 Å². The molecule has 1 N–H and O–H groups in total. The SMILES string of the molecule is O=[N+]([O-])CCC=C1CCCN1. The smallest absolute Gasteiger partial charge is 0.207 e. The zero-order valence-corrected chi connectivity index (χ0v) is 6.38. The van der Waals surface area contributed by atoms with Gasteiger partial charge in [-0.15, -0.1) is 0 Å². The van der Waals surface area contributed by atoms with Crippen LogP contribution in [-0.4, -0.2) is 18.0 Å². The van der Waals surface area contributed by atoms with Crippen LogP contribution in [0.5, 0.6) is 0 Å². The molecule has 0 unspecified atom stereocenters. The molecule has 0 amide bonds. The van der Waals surface area contributed by atoms with Crippen LogP contribution in [0.15, 0.2) is 11.8 Å². The van der Waals surface area contributed by atoms with Gasteiger partial charge in [0.1, 0.15) is 0 Å². The van der Waals surface area contributed by atoms with Crippen molar-refractivity contribution in [2.75, 3.05) is 13.1 Å². The van der Waals surface area contributed by atoms with E-state index in [9.17, 15) is 10.1 Å². The van der Waals surface area contributed by atoms with Crippen LogP contribution >= 0.6 is 0 Å². The van der Waals surface area contributed by atoms with E-state index in [0.29, 0.717) is 6.42 Å². The van der Waals surface area contributed by atoms with Crippen molar-refractivity contribution in [2.45, 2.75) is 19.3 Å². The zero-order chi connectivity index (χ0) is 8.10. The highest BCUT2D eigenvalue weighted by atomic mass is 16.6. The maximum atomic E-state index is 9.93. The molecule has 11 heavy (non-hydrogen) atoms. The summed E-state index contributed by atoms with van der Waals surface area (Å²) < 4.78 is 0. The number of hydrogen-bond donors (Lipinski definition) is 1. The first kappa shape index (κ1) is 8.04. The largest absolute Gasteiger partial charge is 0.389 e. The lowest BCUT2D eigenvalue weighted by molar-refractivity contribution is -0.478. The van der Waals surface area contributed by atoms with Gasteiger partial charge in [-0.1, -0.05) is 6.08 Å². The maximum absolute atomic E-state index is 9.93. The van der Waals surface area contributed by atoms with E-state index in [-0.39, 0.29) is 11.5 Å². The van der Waals surface area contributed by atoms with Crippen LogP contribution in [0.2, 0.25) is 0 Å². The Labute approximate surface area is 65.4 Å². The molecule has 0 spiro atoms. The average molecular weight is 156 g/mol. The third-order valence-corrected chi connectivity index (χ3v) is 1.68. The second-order valence-corrected chi connectivity index (χ2v) is 2.60. The second-order valence-electron chi connectivity index (χ2n) is 2.60. The summed E-state index contributed by atoms with van der Waals surface area (Å²) in [6.45, 7) is 1.06. The molecule has 1 rings (SSSR count). The lowest BCUT2D eigenvalue weighted by atomic mass is 10.2. The van der Waals surface area contributed by atoms with Crippen molar-refractivity contribution in [2.24, 2.45) is 0 Å². The van der Waals surface area contributed by atoms with Gasteiger partial charge in [-0.2, -0.15) is 0 Å². The molecule has 0 atom stereocenters. The van der Waals surface area contributed by atoms with Crippen molar-refractivity contribution in [3.63, 3.8) is 0 Å². The zero-order valence-electron chi connectivity index (χ0n) is 6.38. The lowest BCUT2D eigenvalue weighted by Gasteiger charge is -1.95. The van der Waals surface area contributed by atoms with Crippen LogP contribution in [0.25, 0.3) is 0 Å². The average Bonchev–Trinajstić information content (AvgIpc) is 2.39. The molecule has 0 aromatic heterocycles. The molecule has 0 saturated carbocycles. The molecule has 0 aromatic rings. The predicted molar refractivity (Wildman–Crippen MR) is 41.8 cm³/mol. The highest BCUT2D eigenvalue weighted by molar-refractivity contribution is 5.03. The molecule has 0 aromatic carbocycles. The van der Waals surface area contributed by atoms with Gasteiger partial charge in [-0.25, -0.2) is 0 Å². The van der Waals surface area contributed by atoms with E-state index in [2.05, 4.69) is 5.32 Å². The van der Waals surface area contributed by atoms with Crippen LogP contribution < -0.4 is 5.32 Å². The topological polar surface area (TPSA) is 55.2 Å². The van der Waals surface area contributed by atoms with Crippen LogP contribution in [0.1, 0.15) is 19.3 Å². The number of nitrogens with one attached hydrogen (secondary N) is 1. The van der Waals surface area contributed by atoms with E-state index < -0.39 is 0 Å². The number of rotatable bonds is 3. The van der Waals surface area contributed by atoms with Crippen molar-refractivity contribution in [1.82, 2.24) is 5.32 Å². The molecular formula is C7H12N2O2. The van der Waals surface area contributed by atoms with Crippen LogP contribution in [0, 0.1) is 10.1 Å². The van der Waals surface area contributed by atoms with Gasteiger partial charge in [0.25, 0.3) is 0 Å². The first-order chi connectivity index (χ1) is 5.29. The van der Waals surface area contributed by atoms with E-state index >= 15 is 0 Å². The number of allylic oxidation sites excluding steroid dienone is 1. The summed E-state index contributed by atoms with van der Waals surface area (Å²) in [6.07, 6.45) is 4.69. The van der Waals surface area contributed by atoms with Crippen LogP contribution in [-0.2, 0) is 0 Å². The quantitative estimate of drug-likeness (QED) is 0.488. The fourth-order valence-electron chi connectivity index (χ4n) is 1.13. The van der Waals surface area contributed by atoms with Gasteiger partial charge < -0.3 is 5.32 Å². The maximum Gasteiger partial charge on any atom is 0.207 e. The van der Waals surface area contributed by atoms with Gasteiger partial charge in [0.15, 0.2) is 0 Å². The monoisotopic (exact) mass is 156 g/mol. The third kappa shape index (κ3) is 3.02. The Kier molecular flexibility index (Phi) is 2.89. The van der Waals surface area contributed by atoms with Crippen LogP contribution in [0.3, 0.4) is 0 Å². The first-order valence-electron chi connectivity index (χ1n) is 3.84. The molecule has 4 heteroatoms. The molecule has 1 saturated heterocycles. The van der Waals surface area contributed by atoms with Gasteiger partial charge >= 0.3 is 0 Å².